The van der Waals surface area contributed by atoms with E-state index in [1.54, 1.807) is 20.8 Å². The summed E-state index contributed by atoms with van der Waals surface area (Å²) in [6, 6.07) is 0. The van der Waals surface area contributed by atoms with Crippen molar-refractivity contribution >= 4 is 35.7 Å². The van der Waals surface area contributed by atoms with Gasteiger partial charge in [0.2, 0.25) is 23.6 Å². The zero-order chi connectivity index (χ0) is 34.2. The Balaban J connectivity index is 5.85. The molecule has 13 nitrogen and oxygen atoms in total. The summed E-state index contributed by atoms with van der Waals surface area (Å²) in [6.07, 6.45) is 2.08. The van der Waals surface area contributed by atoms with Crippen LogP contribution in [0.25, 0.3) is 0 Å². The van der Waals surface area contributed by atoms with Gasteiger partial charge >= 0.3 is 12.1 Å². The molecule has 0 aromatic rings. The summed E-state index contributed by atoms with van der Waals surface area (Å²) in [4.78, 5) is 77.8. The average molecular weight is 610 g/mol. The first-order valence-electron chi connectivity index (χ1n) is 13.8. The molecule has 0 heterocycles. The predicted molar refractivity (Wildman–Crippen MR) is 163 cm³/mol. The molecular weight excluding hydrogens is 558 g/mol. The summed E-state index contributed by atoms with van der Waals surface area (Å²) in [7, 11) is 1.19. The van der Waals surface area contributed by atoms with E-state index in [-0.39, 0.29) is 12.8 Å². The van der Waals surface area contributed by atoms with E-state index in [1.165, 1.54) is 74.7 Å². The van der Waals surface area contributed by atoms with Crippen LogP contribution in [0, 0.1) is 0 Å². The van der Waals surface area contributed by atoms with Gasteiger partial charge in [0, 0.05) is 0 Å². The highest BCUT2D eigenvalue weighted by atomic mass is 16.6. The summed E-state index contributed by atoms with van der Waals surface area (Å²) in [6.45, 7) is 23.9. The average Bonchev–Trinajstić information content (AvgIpc) is 2.81. The number of hydrogen-bond donors (Lipinski definition) is 5. The molecule has 0 bridgehead atoms. The van der Waals surface area contributed by atoms with Crippen molar-refractivity contribution in [1.29, 1.82) is 0 Å². The van der Waals surface area contributed by atoms with E-state index in [0.717, 1.165) is 0 Å². The standard InChI is InChI=1S/C30H51N5O8/c1-15-17-29(12,21(38)33-28(10,11)23(40)42-14)34-20(37)27(8,9)31-19(36)26(6,7)32-22(39)30(13,18-16-2)35-24(41)43-25(3,4)5/h15-16H,1-2,17-18H2,3-14H3,(H,31,36)(H,32,39)(H,33,38)(H,34,37)(H,35,41)/t29-,30-/m1/s1. The molecule has 43 heavy (non-hydrogen) atoms. The molecule has 0 fully saturated rings. The van der Waals surface area contributed by atoms with Crippen LogP contribution in [0.4, 0.5) is 4.79 Å². The third kappa shape index (κ3) is 11.4. The number of carbonyl (C=O) groups excluding carboxylic acids is 6. The van der Waals surface area contributed by atoms with Gasteiger partial charge < -0.3 is 36.1 Å². The number of amides is 5. The molecule has 0 aliphatic heterocycles. The van der Waals surface area contributed by atoms with Crippen molar-refractivity contribution in [3.63, 3.8) is 0 Å². The summed E-state index contributed by atoms with van der Waals surface area (Å²) in [5.74, 6) is -3.49. The Bertz CT molecular complexity index is 1120. The molecule has 5 amide bonds. The molecule has 0 aromatic heterocycles. The lowest BCUT2D eigenvalue weighted by Gasteiger charge is -2.38. The van der Waals surface area contributed by atoms with E-state index in [0.29, 0.717) is 0 Å². The van der Waals surface area contributed by atoms with Gasteiger partial charge in [-0.3, -0.25) is 19.2 Å². The Labute approximate surface area is 255 Å². The molecule has 5 N–H and O–H groups in total. The minimum absolute atomic E-state index is 0.0000623. The minimum Gasteiger partial charge on any atom is -0.467 e. The fourth-order valence-corrected chi connectivity index (χ4v) is 3.62. The smallest absolute Gasteiger partial charge is 0.408 e. The highest BCUT2D eigenvalue weighted by Crippen LogP contribution is 2.19. The first-order valence-corrected chi connectivity index (χ1v) is 13.8. The van der Waals surface area contributed by atoms with E-state index in [9.17, 15) is 28.8 Å². The Morgan fingerprint density at radius 1 is 0.558 bits per heavy atom. The van der Waals surface area contributed by atoms with Crippen LogP contribution >= 0.6 is 0 Å². The first-order chi connectivity index (χ1) is 19.2. The highest BCUT2D eigenvalue weighted by molar-refractivity contribution is 6.00. The van der Waals surface area contributed by atoms with Gasteiger partial charge in [-0.05, 0) is 89.0 Å². The van der Waals surface area contributed by atoms with Crippen molar-refractivity contribution in [2.75, 3.05) is 7.11 Å². The van der Waals surface area contributed by atoms with Crippen LogP contribution in [0.5, 0.6) is 0 Å². The lowest BCUT2D eigenvalue weighted by molar-refractivity contribution is -0.150. The number of esters is 1. The third-order valence-electron chi connectivity index (χ3n) is 6.38. The predicted octanol–water partition coefficient (Wildman–Crippen LogP) is 2.15. The molecule has 0 aliphatic carbocycles. The van der Waals surface area contributed by atoms with Gasteiger partial charge in [-0.2, -0.15) is 0 Å². The number of nitrogens with one attached hydrogen (secondary N) is 5. The zero-order valence-corrected chi connectivity index (χ0v) is 27.7. The fourth-order valence-electron chi connectivity index (χ4n) is 3.62. The molecular formula is C30H51N5O8. The quantitative estimate of drug-likeness (QED) is 0.147. The molecule has 0 spiro atoms. The largest absolute Gasteiger partial charge is 0.467 e. The normalized spacial score (nSPS) is 14.9. The van der Waals surface area contributed by atoms with Gasteiger partial charge in [-0.15, -0.1) is 13.2 Å². The fraction of sp³-hybridized carbons (Fsp3) is 0.667. The Morgan fingerprint density at radius 2 is 0.907 bits per heavy atom. The van der Waals surface area contributed by atoms with Crippen molar-refractivity contribution in [3.8, 4) is 0 Å². The first kappa shape index (κ1) is 39.1. The number of methoxy groups -OCH3 is 1. The molecule has 0 rings (SSSR count). The van der Waals surface area contributed by atoms with E-state index >= 15 is 0 Å². The van der Waals surface area contributed by atoms with E-state index in [1.807, 2.05) is 0 Å². The zero-order valence-electron chi connectivity index (χ0n) is 27.7. The van der Waals surface area contributed by atoms with Crippen molar-refractivity contribution in [2.24, 2.45) is 0 Å². The molecule has 0 aliphatic rings. The van der Waals surface area contributed by atoms with Crippen molar-refractivity contribution in [1.82, 2.24) is 26.6 Å². The SMILES string of the molecule is C=CC[C@@](C)(NC(=O)OC(C)(C)C)C(=O)NC(C)(C)C(=O)NC(C)(C)C(=O)N[C@](C)(CC=C)C(=O)NC(C)(C)C(=O)OC. The van der Waals surface area contributed by atoms with Crippen molar-refractivity contribution < 1.29 is 38.2 Å². The Morgan fingerprint density at radius 3 is 1.28 bits per heavy atom. The van der Waals surface area contributed by atoms with Crippen LogP contribution in [0.3, 0.4) is 0 Å². The maximum absolute atomic E-state index is 13.4. The molecule has 0 unspecified atom stereocenters. The molecule has 2 atom stereocenters. The number of ether oxygens (including phenoxy) is 2. The second kappa shape index (κ2) is 14.0. The van der Waals surface area contributed by atoms with Crippen LogP contribution in [-0.4, -0.2) is 76.1 Å². The lowest BCUT2D eigenvalue weighted by Crippen LogP contribution is -2.69. The van der Waals surface area contributed by atoms with Gasteiger partial charge in [-0.25, -0.2) is 9.59 Å². The Kier molecular flexibility index (Phi) is 12.8. The molecule has 0 radical (unpaired) electrons. The molecule has 244 valence electrons. The second-order valence-electron chi connectivity index (χ2n) is 13.5. The summed E-state index contributed by atoms with van der Waals surface area (Å²) in [5, 5.41) is 13.0. The molecule has 13 heteroatoms. The third-order valence-corrected chi connectivity index (χ3v) is 6.38. The van der Waals surface area contributed by atoms with Gasteiger partial charge in [0.05, 0.1) is 7.11 Å². The van der Waals surface area contributed by atoms with Crippen LogP contribution in [0.1, 0.15) is 89.0 Å². The number of rotatable bonds is 14. The number of carbonyl (C=O) groups is 6. The van der Waals surface area contributed by atoms with Gasteiger partial charge in [0.15, 0.2) is 0 Å². The summed E-state index contributed by atoms with van der Waals surface area (Å²) in [5.41, 5.74) is -8.37. The maximum atomic E-state index is 13.4. The summed E-state index contributed by atoms with van der Waals surface area (Å²) < 4.78 is 10.0. The minimum atomic E-state index is -1.57. The number of alkyl carbamates (subject to hydrolysis) is 1. The van der Waals surface area contributed by atoms with E-state index in [2.05, 4.69) is 39.7 Å². The van der Waals surface area contributed by atoms with Gasteiger partial charge in [0.1, 0.15) is 33.3 Å². The van der Waals surface area contributed by atoms with Crippen molar-refractivity contribution in [2.45, 2.75) is 122 Å². The van der Waals surface area contributed by atoms with Crippen LogP contribution in [0.2, 0.25) is 0 Å². The van der Waals surface area contributed by atoms with E-state index < -0.39 is 69.0 Å². The monoisotopic (exact) mass is 609 g/mol. The van der Waals surface area contributed by atoms with Crippen LogP contribution in [0.15, 0.2) is 25.3 Å². The summed E-state index contributed by atoms with van der Waals surface area (Å²) >= 11 is 0. The van der Waals surface area contributed by atoms with Gasteiger partial charge in [-0.1, -0.05) is 12.2 Å². The lowest BCUT2D eigenvalue weighted by atomic mass is 9.91. The maximum Gasteiger partial charge on any atom is 0.408 e. The highest BCUT2D eigenvalue weighted by Gasteiger charge is 2.45. The van der Waals surface area contributed by atoms with E-state index in [4.69, 9.17) is 9.47 Å². The Hall–Kier alpha value is -3.90. The molecule has 0 saturated carbocycles. The number of hydrogen-bond acceptors (Lipinski definition) is 8. The van der Waals surface area contributed by atoms with Crippen molar-refractivity contribution in [3.05, 3.63) is 25.3 Å². The van der Waals surface area contributed by atoms with Crippen LogP contribution < -0.4 is 26.6 Å². The van der Waals surface area contributed by atoms with Gasteiger partial charge in [0.25, 0.3) is 0 Å². The molecule has 0 aromatic carbocycles. The van der Waals surface area contributed by atoms with Crippen LogP contribution in [-0.2, 0) is 33.4 Å². The molecule has 0 saturated heterocycles. The second-order valence-corrected chi connectivity index (χ2v) is 13.5. The topological polar surface area (TPSA) is 181 Å².